The second kappa shape index (κ2) is 13.2. The van der Waals surface area contributed by atoms with E-state index in [1.807, 2.05) is 0 Å². The molecule has 4 fully saturated rings. The van der Waals surface area contributed by atoms with Crippen LogP contribution >= 0.6 is 0 Å². The molecule has 2 aromatic rings. The van der Waals surface area contributed by atoms with Gasteiger partial charge in [-0.15, -0.1) is 0 Å². The molecule has 10 nitrogen and oxygen atoms in total. The molecular formula is C32H50N10. The van der Waals surface area contributed by atoms with Gasteiger partial charge in [0.15, 0.2) is 0 Å². The lowest BCUT2D eigenvalue weighted by atomic mass is 10.1. The zero-order valence-electron chi connectivity index (χ0n) is 26.2. The SMILES string of the molecule is CN1CCN(C(=Nc2cccc3cccc(N=C(N4CCN(C)CC4)N4CCN(C)CC4)c23)N2CCN(C)CC2)CC1. The molecule has 0 aromatic heterocycles. The first-order chi connectivity index (χ1) is 20.4. The van der Waals surface area contributed by atoms with Gasteiger partial charge in [-0.05, 0) is 45.7 Å². The Balaban J connectivity index is 1.42. The van der Waals surface area contributed by atoms with Gasteiger partial charge in [-0.1, -0.05) is 24.3 Å². The lowest BCUT2D eigenvalue weighted by molar-refractivity contribution is 0.168. The van der Waals surface area contributed by atoms with Gasteiger partial charge in [-0.3, -0.25) is 0 Å². The number of fused-ring (bicyclic) bond motifs is 1. The zero-order valence-corrected chi connectivity index (χ0v) is 26.2. The van der Waals surface area contributed by atoms with Gasteiger partial charge < -0.3 is 39.2 Å². The number of guanidine groups is 2. The smallest absolute Gasteiger partial charge is 0.202 e. The van der Waals surface area contributed by atoms with Crippen LogP contribution < -0.4 is 0 Å². The van der Waals surface area contributed by atoms with Gasteiger partial charge in [0, 0.05) is 110 Å². The normalized spacial score (nSPS) is 22.1. The van der Waals surface area contributed by atoms with Crippen molar-refractivity contribution in [3.05, 3.63) is 36.4 Å². The monoisotopic (exact) mass is 574 g/mol. The number of aliphatic imine (C=N–C) groups is 2. The molecule has 2 aromatic carbocycles. The van der Waals surface area contributed by atoms with Crippen molar-refractivity contribution >= 4 is 34.1 Å². The predicted octanol–water partition coefficient (Wildman–Crippen LogP) is 1.80. The minimum atomic E-state index is 1.01. The van der Waals surface area contributed by atoms with Crippen molar-refractivity contribution in [3.63, 3.8) is 0 Å². The maximum atomic E-state index is 5.52. The topological polar surface area (TPSA) is 50.6 Å². The minimum absolute atomic E-state index is 1.01. The van der Waals surface area contributed by atoms with Gasteiger partial charge in [0.1, 0.15) is 0 Å². The predicted molar refractivity (Wildman–Crippen MR) is 174 cm³/mol. The third kappa shape index (κ3) is 6.67. The van der Waals surface area contributed by atoms with E-state index in [1.165, 1.54) is 5.39 Å². The van der Waals surface area contributed by atoms with Crippen molar-refractivity contribution in [2.75, 3.05) is 133 Å². The fourth-order valence-electron chi connectivity index (χ4n) is 6.41. The lowest BCUT2D eigenvalue weighted by Gasteiger charge is -2.42. The average Bonchev–Trinajstić information content (AvgIpc) is 3.01. The molecule has 4 saturated heterocycles. The highest BCUT2D eigenvalue weighted by atomic mass is 15.4. The van der Waals surface area contributed by atoms with E-state index in [2.05, 4.69) is 104 Å². The highest BCUT2D eigenvalue weighted by Gasteiger charge is 2.27. The number of hydrogen-bond acceptors (Lipinski definition) is 6. The van der Waals surface area contributed by atoms with Gasteiger partial charge in [0.2, 0.25) is 11.9 Å². The van der Waals surface area contributed by atoms with Crippen LogP contribution in [0.4, 0.5) is 11.4 Å². The Hall–Kier alpha value is -2.92. The van der Waals surface area contributed by atoms with E-state index in [4.69, 9.17) is 9.98 Å². The molecule has 0 spiro atoms. The van der Waals surface area contributed by atoms with Gasteiger partial charge in [-0.2, -0.15) is 0 Å². The molecule has 0 unspecified atom stereocenters. The highest BCUT2D eigenvalue weighted by Crippen LogP contribution is 2.35. The molecule has 0 radical (unpaired) electrons. The number of rotatable bonds is 2. The summed E-state index contributed by atoms with van der Waals surface area (Å²) in [4.78, 5) is 30.7. The molecular weight excluding hydrogens is 524 g/mol. The summed E-state index contributed by atoms with van der Waals surface area (Å²) in [5.74, 6) is 2.25. The molecule has 228 valence electrons. The molecule has 0 saturated carbocycles. The van der Waals surface area contributed by atoms with Crippen LogP contribution in [0.1, 0.15) is 0 Å². The standard InChI is InChI=1S/C32H50N10/c1-35-11-19-39(20-12-35)31(40-21-13-36(2)14-22-40)33-28-9-5-7-27-8-6-10-29(30(27)28)34-32(41-23-15-37(3)16-24-41)42-25-17-38(4)18-26-42/h5-10H,11-26H2,1-4H3. The molecule has 10 heteroatoms. The largest absolute Gasteiger partial charge is 0.340 e. The quantitative estimate of drug-likeness (QED) is 0.398. The Labute approximate surface area is 252 Å². The van der Waals surface area contributed by atoms with E-state index in [1.54, 1.807) is 0 Å². The number of likely N-dealkylation sites (N-methyl/N-ethyl adjacent to an activating group) is 4. The van der Waals surface area contributed by atoms with Gasteiger partial charge in [0.05, 0.1) is 11.4 Å². The maximum Gasteiger partial charge on any atom is 0.202 e. The van der Waals surface area contributed by atoms with E-state index < -0.39 is 0 Å². The van der Waals surface area contributed by atoms with E-state index >= 15 is 0 Å². The summed E-state index contributed by atoms with van der Waals surface area (Å²) in [5.41, 5.74) is 2.05. The third-order valence-corrected chi connectivity index (χ3v) is 9.45. The maximum absolute atomic E-state index is 5.52. The molecule has 6 rings (SSSR count). The molecule has 42 heavy (non-hydrogen) atoms. The molecule has 0 N–H and O–H groups in total. The van der Waals surface area contributed by atoms with Crippen molar-refractivity contribution in [3.8, 4) is 0 Å². The number of hydrogen-bond donors (Lipinski definition) is 0. The van der Waals surface area contributed by atoms with Crippen molar-refractivity contribution < 1.29 is 0 Å². The van der Waals surface area contributed by atoms with Crippen LogP contribution in [0.15, 0.2) is 46.4 Å². The van der Waals surface area contributed by atoms with Crippen LogP contribution in [0, 0.1) is 0 Å². The molecule has 0 atom stereocenters. The Bertz CT molecular complexity index is 1100. The highest BCUT2D eigenvalue weighted by molar-refractivity contribution is 6.04. The lowest BCUT2D eigenvalue weighted by Crippen LogP contribution is -2.56. The van der Waals surface area contributed by atoms with Crippen LogP contribution in [0.2, 0.25) is 0 Å². The van der Waals surface area contributed by atoms with Crippen LogP contribution in [0.25, 0.3) is 10.8 Å². The fraction of sp³-hybridized carbons (Fsp3) is 0.625. The third-order valence-electron chi connectivity index (χ3n) is 9.45. The molecule has 0 bridgehead atoms. The van der Waals surface area contributed by atoms with Gasteiger partial charge >= 0.3 is 0 Å². The first kappa shape index (κ1) is 29.2. The van der Waals surface area contributed by atoms with Crippen LogP contribution in [-0.4, -0.2) is 184 Å². The summed E-state index contributed by atoms with van der Waals surface area (Å²) in [6.07, 6.45) is 0. The molecule has 0 aliphatic carbocycles. The van der Waals surface area contributed by atoms with Crippen LogP contribution in [0.5, 0.6) is 0 Å². The summed E-state index contributed by atoms with van der Waals surface area (Å²) < 4.78 is 0. The van der Waals surface area contributed by atoms with E-state index in [-0.39, 0.29) is 0 Å². The molecule has 4 heterocycles. The minimum Gasteiger partial charge on any atom is -0.340 e. The van der Waals surface area contributed by atoms with Gasteiger partial charge in [-0.25, -0.2) is 9.98 Å². The van der Waals surface area contributed by atoms with Crippen molar-refractivity contribution in [2.45, 2.75) is 0 Å². The summed E-state index contributed by atoms with van der Waals surface area (Å²) in [6.45, 7) is 16.6. The number of benzene rings is 2. The molecule has 4 aliphatic heterocycles. The van der Waals surface area contributed by atoms with E-state index in [9.17, 15) is 0 Å². The van der Waals surface area contributed by atoms with Crippen molar-refractivity contribution in [2.24, 2.45) is 9.98 Å². The number of nitrogens with zero attached hydrogens (tertiary/aromatic N) is 10. The molecule has 4 aliphatic rings. The average molecular weight is 575 g/mol. The van der Waals surface area contributed by atoms with Crippen LogP contribution in [0.3, 0.4) is 0 Å². The Morgan fingerprint density at radius 1 is 0.429 bits per heavy atom. The summed E-state index contributed by atoms with van der Waals surface area (Å²) in [7, 11) is 8.88. The first-order valence-corrected chi connectivity index (χ1v) is 15.9. The first-order valence-electron chi connectivity index (χ1n) is 15.9. The fourth-order valence-corrected chi connectivity index (χ4v) is 6.41. The van der Waals surface area contributed by atoms with E-state index in [0.717, 1.165) is 133 Å². The summed E-state index contributed by atoms with van der Waals surface area (Å²) in [5, 5.41) is 2.35. The van der Waals surface area contributed by atoms with Crippen molar-refractivity contribution in [1.82, 2.24) is 39.2 Å². The molecule has 0 amide bonds. The number of piperazine rings is 4. The second-order valence-electron chi connectivity index (χ2n) is 12.6. The second-order valence-corrected chi connectivity index (χ2v) is 12.6. The Kier molecular flexibility index (Phi) is 9.14. The van der Waals surface area contributed by atoms with Crippen molar-refractivity contribution in [1.29, 1.82) is 0 Å². The summed E-state index contributed by atoms with van der Waals surface area (Å²) >= 11 is 0. The van der Waals surface area contributed by atoms with Gasteiger partial charge in [0.25, 0.3) is 0 Å². The summed E-state index contributed by atoms with van der Waals surface area (Å²) in [6, 6.07) is 13.1. The van der Waals surface area contributed by atoms with E-state index in [0.29, 0.717) is 0 Å². The Morgan fingerprint density at radius 2 is 0.714 bits per heavy atom. The zero-order chi connectivity index (χ0) is 29.1. The Morgan fingerprint density at radius 3 is 1.00 bits per heavy atom. The van der Waals surface area contributed by atoms with Crippen LogP contribution in [-0.2, 0) is 0 Å².